The molecule has 0 aromatic rings. The Kier molecular flexibility index (Phi) is 4.84. The molecule has 0 fully saturated rings. The van der Waals surface area contributed by atoms with Crippen LogP contribution in [0, 0.1) is 0 Å². The molecule has 86 valence electrons. The predicted octanol–water partition coefficient (Wildman–Crippen LogP) is -5.01. The molecule has 0 unspecified atom stereocenters. The first-order chi connectivity index (χ1) is 6.21. The lowest BCUT2D eigenvalue weighted by Gasteiger charge is -2.31. The first-order valence-electron chi connectivity index (χ1n) is 3.85. The number of aliphatic hydroxyl groups excluding tert-OH is 5. The highest BCUT2D eigenvalue weighted by Crippen LogP contribution is 2.09. The maximum Gasteiger partial charge on any atom is 0.196 e. The van der Waals surface area contributed by atoms with Crippen LogP contribution in [0.25, 0.3) is 0 Å². The van der Waals surface area contributed by atoms with Crippen LogP contribution in [0.3, 0.4) is 0 Å². The molecule has 0 aliphatic rings. The van der Waals surface area contributed by atoms with Crippen LogP contribution in [0.2, 0.25) is 0 Å². The lowest BCUT2D eigenvalue weighted by atomic mass is 10.0. The molecule has 4 atom stereocenters. The van der Waals surface area contributed by atoms with E-state index >= 15 is 0 Å². The van der Waals surface area contributed by atoms with E-state index < -0.39 is 36.9 Å². The zero-order valence-corrected chi connectivity index (χ0v) is 7.35. The van der Waals surface area contributed by atoms with Gasteiger partial charge in [-0.05, 0) is 0 Å². The van der Waals surface area contributed by atoms with E-state index in [4.69, 9.17) is 42.1 Å². The zero-order chi connectivity index (χ0) is 11.5. The van der Waals surface area contributed by atoms with Crippen LogP contribution in [-0.4, -0.2) is 67.5 Å². The third-order valence-electron chi connectivity index (χ3n) is 1.73. The third-order valence-corrected chi connectivity index (χ3v) is 1.73. The van der Waals surface area contributed by atoms with Crippen LogP contribution in [0.5, 0.6) is 0 Å². The molecule has 14 heavy (non-hydrogen) atoms. The van der Waals surface area contributed by atoms with E-state index in [2.05, 4.69) is 0 Å². The SMILES string of the molecule is NC(N)(O)[C@H](O)[C@H](O)[C@@H](O)[C@H](O)CO. The van der Waals surface area contributed by atoms with Gasteiger partial charge in [0, 0.05) is 0 Å². The second kappa shape index (κ2) is 4.96. The van der Waals surface area contributed by atoms with Crippen molar-refractivity contribution in [1.82, 2.24) is 0 Å². The fourth-order valence-corrected chi connectivity index (χ4v) is 0.796. The van der Waals surface area contributed by atoms with E-state index in [0.29, 0.717) is 0 Å². The van der Waals surface area contributed by atoms with E-state index in [1.165, 1.54) is 0 Å². The standard InChI is InChI=1S/C6H16N2O6/c7-6(8,14)5(13)4(12)3(11)2(10)1-9/h2-5,9-14H,1,7-8H2/t2-,3+,4-,5-/m1/s1. The molecule has 0 aliphatic carbocycles. The summed E-state index contributed by atoms with van der Waals surface area (Å²) in [5, 5.41) is 53.4. The minimum absolute atomic E-state index is 0.821. The number of nitrogens with two attached hydrogens (primary N) is 2. The molecule has 0 rings (SSSR count). The number of hydrogen-bond donors (Lipinski definition) is 8. The summed E-state index contributed by atoms with van der Waals surface area (Å²) in [6, 6.07) is 0. The van der Waals surface area contributed by atoms with Gasteiger partial charge < -0.3 is 30.6 Å². The summed E-state index contributed by atoms with van der Waals surface area (Å²) in [6.45, 7) is -0.821. The Labute approximate surface area is 80.0 Å². The quantitative estimate of drug-likeness (QED) is 0.209. The summed E-state index contributed by atoms with van der Waals surface area (Å²) in [4.78, 5) is 0. The Morgan fingerprint density at radius 3 is 1.71 bits per heavy atom. The van der Waals surface area contributed by atoms with Gasteiger partial charge in [0.05, 0.1) is 6.61 Å². The molecule has 0 radical (unpaired) electrons. The summed E-state index contributed by atoms with van der Waals surface area (Å²) in [5.41, 5.74) is 9.65. The summed E-state index contributed by atoms with van der Waals surface area (Å²) in [7, 11) is 0. The van der Waals surface area contributed by atoms with Gasteiger partial charge in [-0.15, -0.1) is 0 Å². The molecule has 0 spiro atoms. The molecule has 0 bridgehead atoms. The van der Waals surface area contributed by atoms with Crippen LogP contribution in [0.4, 0.5) is 0 Å². The normalized spacial score (nSPS) is 21.4. The minimum Gasteiger partial charge on any atom is -0.394 e. The Morgan fingerprint density at radius 1 is 1.00 bits per heavy atom. The molecular weight excluding hydrogens is 196 g/mol. The molecule has 0 aliphatic heterocycles. The largest absolute Gasteiger partial charge is 0.394 e. The van der Waals surface area contributed by atoms with Crippen LogP contribution in [-0.2, 0) is 0 Å². The van der Waals surface area contributed by atoms with Crippen molar-refractivity contribution < 1.29 is 30.6 Å². The van der Waals surface area contributed by atoms with Crippen LogP contribution in [0.15, 0.2) is 0 Å². The van der Waals surface area contributed by atoms with Crippen molar-refractivity contribution in [2.45, 2.75) is 30.3 Å². The van der Waals surface area contributed by atoms with Crippen molar-refractivity contribution in [2.24, 2.45) is 11.5 Å². The summed E-state index contributed by atoms with van der Waals surface area (Å²) >= 11 is 0. The average Bonchev–Trinajstić information content (AvgIpc) is 2.11. The van der Waals surface area contributed by atoms with E-state index in [-0.39, 0.29) is 0 Å². The highest BCUT2D eigenvalue weighted by atomic mass is 16.4. The van der Waals surface area contributed by atoms with Crippen LogP contribution >= 0.6 is 0 Å². The van der Waals surface area contributed by atoms with Crippen molar-refractivity contribution in [3.8, 4) is 0 Å². The molecule has 10 N–H and O–H groups in total. The van der Waals surface area contributed by atoms with Gasteiger partial charge in [-0.2, -0.15) is 0 Å². The lowest BCUT2D eigenvalue weighted by molar-refractivity contribution is -0.169. The minimum atomic E-state index is -2.60. The van der Waals surface area contributed by atoms with Crippen molar-refractivity contribution in [1.29, 1.82) is 0 Å². The average molecular weight is 212 g/mol. The topological polar surface area (TPSA) is 173 Å². The molecule has 8 heteroatoms. The molecule has 0 aromatic carbocycles. The maximum atomic E-state index is 9.13. The lowest BCUT2D eigenvalue weighted by Crippen LogP contribution is -2.65. The monoisotopic (exact) mass is 212 g/mol. The first kappa shape index (κ1) is 13.7. The molecule has 8 nitrogen and oxygen atoms in total. The summed E-state index contributed by atoms with van der Waals surface area (Å²) in [5.74, 6) is -2.60. The Balaban J connectivity index is 4.38. The first-order valence-corrected chi connectivity index (χ1v) is 3.85. The van der Waals surface area contributed by atoms with Crippen molar-refractivity contribution in [2.75, 3.05) is 6.61 Å². The number of aliphatic hydroxyl groups is 6. The predicted molar refractivity (Wildman–Crippen MR) is 44.4 cm³/mol. The molecular formula is C6H16N2O6. The van der Waals surface area contributed by atoms with Gasteiger partial charge in [-0.25, -0.2) is 0 Å². The van der Waals surface area contributed by atoms with Gasteiger partial charge in [-0.1, -0.05) is 0 Å². The smallest absolute Gasteiger partial charge is 0.196 e. The Morgan fingerprint density at radius 2 is 1.43 bits per heavy atom. The Hall–Kier alpha value is -0.320. The van der Waals surface area contributed by atoms with E-state index in [1.807, 2.05) is 0 Å². The van der Waals surface area contributed by atoms with Gasteiger partial charge in [-0.3, -0.25) is 11.5 Å². The van der Waals surface area contributed by atoms with Gasteiger partial charge >= 0.3 is 0 Å². The van der Waals surface area contributed by atoms with Crippen molar-refractivity contribution in [3.05, 3.63) is 0 Å². The molecule has 0 saturated heterocycles. The fourth-order valence-electron chi connectivity index (χ4n) is 0.796. The van der Waals surface area contributed by atoms with E-state index in [9.17, 15) is 0 Å². The van der Waals surface area contributed by atoms with Gasteiger partial charge in [0.1, 0.15) is 24.4 Å². The highest BCUT2D eigenvalue weighted by Gasteiger charge is 2.39. The highest BCUT2D eigenvalue weighted by molar-refractivity contribution is 4.87. The second-order valence-electron chi connectivity index (χ2n) is 3.06. The summed E-state index contributed by atoms with van der Waals surface area (Å²) in [6.07, 6.45) is -7.56. The maximum absolute atomic E-state index is 9.13. The fraction of sp³-hybridized carbons (Fsp3) is 1.00. The van der Waals surface area contributed by atoms with Gasteiger partial charge in [0.15, 0.2) is 5.85 Å². The number of rotatable bonds is 5. The number of hydrogen-bond acceptors (Lipinski definition) is 8. The van der Waals surface area contributed by atoms with Crippen LogP contribution < -0.4 is 11.5 Å². The van der Waals surface area contributed by atoms with Crippen molar-refractivity contribution >= 4 is 0 Å². The third kappa shape index (κ3) is 3.44. The summed E-state index contributed by atoms with van der Waals surface area (Å²) < 4.78 is 0. The van der Waals surface area contributed by atoms with E-state index in [0.717, 1.165) is 0 Å². The molecule has 0 heterocycles. The van der Waals surface area contributed by atoms with Gasteiger partial charge in [0.2, 0.25) is 0 Å². The molecule has 0 aromatic heterocycles. The van der Waals surface area contributed by atoms with Gasteiger partial charge in [0.25, 0.3) is 0 Å². The van der Waals surface area contributed by atoms with Crippen molar-refractivity contribution in [3.63, 3.8) is 0 Å². The second-order valence-corrected chi connectivity index (χ2v) is 3.06. The van der Waals surface area contributed by atoms with E-state index in [1.54, 1.807) is 0 Å². The van der Waals surface area contributed by atoms with Crippen LogP contribution in [0.1, 0.15) is 0 Å². The Bertz CT molecular complexity index is 172. The zero-order valence-electron chi connectivity index (χ0n) is 7.35. The molecule has 0 saturated carbocycles. The molecule has 0 amide bonds.